The van der Waals surface area contributed by atoms with E-state index in [1.165, 1.54) is 11.1 Å². The highest BCUT2D eigenvalue weighted by molar-refractivity contribution is 6.17. The summed E-state index contributed by atoms with van der Waals surface area (Å²) in [7, 11) is 0. The maximum absolute atomic E-state index is 4.31. The number of nitrogens with zero attached hydrogens (tertiary/aromatic N) is 2. The van der Waals surface area contributed by atoms with Crippen LogP contribution in [-0.2, 0) is 0 Å². The van der Waals surface area contributed by atoms with Crippen molar-refractivity contribution in [1.29, 1.82) is 0 Å². The van der Waals surface area contributed by atoms with E-state index in [1.54, 1.807) is 12.4 Å². The molecule has 0 N–H and O–H groups in total. The van der Waals surface area contributed by atoms with Crippen LogP contribution in [0.15, 0.2) is 58.5 Å². The lowest BCUT2D eigenvalue weighted by Gasteiger charge is -1.94. The minimum atomic E-state index is 0.941. The van der Waals surface area contributed by atoms with Crippen LogP contribution in [0.2, 0.25) is 0 Å². The van der Waals surface area contributed by atoms with Gasteiger partial charge in [0, 0.05) is 12.4 Å². The van der Waals surface area contributed by atoms with Crippen molar-refractivity contribution < 1.29 is 0 Å². The minimum absolute atomic E-state index is 0.941. The van der Waals surface area contributed by atoms with Crippen molar-refractivity contribution in [3.8, 4) is 0 Å². The van der Waals surface area contributed by atoms with E-state index in [1.807, 2.05) is 48.5 Å². The minimum Gasteiger partial charge on any atom is -0.255 e. The number of aliphatic imine (C=N–C) groups is 2. The van der Waals surface area contributed by atoms with Gasteiger partial charge in [0.15, 0.2) is 0 Å². The Labute approximate surface area is 108 Å². The maximum atomic E-state index is 4.31. The molecule has 0 amide bonds. The maximum Gasteiger partial charge on any atom is 0.0630 e. The Kier molecular flexibility index (Phi) is 4.02. The lowest BCUT2D eigenvalue weighted by Crippen LogP contribution is -1.76. The van der Waals surface area contributed by atoms with Crippen molar-refractivity contribution in [2.75, 3.05) is 0 Å². The zero-order chi connectivity index (χ0) is 12.8. The summed E-state index contributed by atoms with van der Waals surface area (Å²) in [6.45, 7) is 4.12. The van der Waals surface area contributed by atoms with Gasteiger partial charge >= 0.3 is 0 Å². The second kappa shape index (κ2) is 5.92. The first-order valence-corrected chi connectivity index (χ1v) is 5.94. The van der Waals surface area contributed by atoms with E-state index in [0.717, 1.165) is 11.4 Å². The van der Waals surface area contributed by atoms with Crippen LogP contribution in [0.25, 0.3) is 0 Å². The molecule has 0 fully saturated rings. The summed E-state index contributed by atoms with van der Waals surface area (Å²) in [4.78, 5) is 8.61. The first-order valence-electron chi connectivity index (χ1n) is 5.94. The molecule has 0 aliphatic rings. The second-order valence-electron chi connectivity index (χ2n) is 4.23. The van der Waals surface area contributed by atoms with Crippen LogP contribution >= 0.6 is 0 Å². The van der Waals surface area contributed by atoms with Crippen LogP contribution in [0.1, 0.15) is 11.1 Å². The molecular weight excluding hydrogens is 220 g/mol. The van der Waals surface area contributed by atoms with E-state index >= 15 is 0 Å². The molecule has 2 aromatic carbocycles. The molecule has 2 nitrogen and oxygen atoms in total. The molecule has 0 saturated carbocycles. The van der Waals surface area contributed by atoms with Gasteiger partial charge in [0.2, 0.25) is 0 Å². The molecule has 0 aliphatic heterocycles. The highest BCUT2D eigenvalue weighted by Gasteiger charge is 1.87. The third-order valence-corrected chi connectivity index (χ3v) is 2.58. The van der Waals surface area contributed by atoms with E-state index < -0.39 is 0 Å². The molecule has 0 aliphatic carbocycles. The van der Waals surface area contributed by atoms with Gasteiger partial charge in [-0.15, -0.1) is 0 Å². The zero-order valence-electron chi connectivity index (χ0n) is 10.7. The molecule has 0 atom stereocenters. The number of hydrogen-bond donors (Lipinski definition) is 0. The Balaban J connectivity index is 1.98. The predicted octanol–water partition coefficient (Wildman–Crippen LogP) is 4.41. The Morgan fingerprint density at radius 3 is 1.28 bits per heavy atom. The number of aryl methyl sites for hydroxylation is 2. The van der Waals surface area contributed by atoms with Crippen LogP contribution < -0.4 is 0 Å². The fraction of sp³-hybridized carbons (Fsp3) is 0.125. The predicted molar refractivity (Wildman–Crippen MR) is 78.7 cm³/mol. The Hall–Kier alpha value is -2.22. The average Bonchev–Trinajstić information content (AvgIpc) is 2.39. The van der Waals surface area contributed by atoms with Crippen LogP contribution in [-0.4, -0.2) is 12.4 Å². The van der Waals surface area contributed by atoms with E-state index in [0.29, 0.717) is 0 Å². The van der Waals surface area contributed by atoms with E-state index in [4.69, 9.17) is 0 Å². The quantitative estimate of drug-likeness (QED) is 0.705. The van der Waals surface area contributed by atoms with Crippen LogP contribution in [0, 0.1) is 13.8 Å². The Morgan fingerprint density at radius 1 is 0.611 bits per heavy atom. The molecule has 0 heterocycles. The van der Waals surface area contributed by atoms with Gasteiger partial charge in [0.1, 0.15) is 0 Å². The standard InChI is InChI=1S/C16H16N2/c1-13-3-7-15(8-4-13)17-11-12-18-16-9-5-14(2)6-10-16/h3-12H,1-2H3. The van der Waals surface area contributed by atoms with E-state index in [2.05, 4.69) is 23.8 Å². The molecule has 0 saturated heterocycles. The number of rotatable bonds is 3. The van der Waals surface area contributed by atoms with Crippen molar-refractivity contribution in [2.24, 2.45) is 9.98 Å². The Morgan fingerprint density at radius 2 is 0.944 bits per heavy atom. The second-order valence-corrected chi connectivity index (χ2v) is 4.23. The average molecular weight is 236 g/mol. The van der Waals surface area contributed by atoms with Crippen molar-refractivity contribution in [3.63, 3.8) is 0 Å². The molecule has 2 aromatic rings. The number of hydrogen-bond acceptors (Lipinski definition) is 2. The molecule has 0 aromatic heterocycles. The monoisotopic (exact) mass is 236 g/mol. The molecule has 2 rings (SSSR count). The van der Waals surface area contributed by atoms with Crippen molar-refractivity contribution in [1.82, 2.24) is 0 Å². The summed E-state index contributed by atoms with van der Waals surface area (Å²) in [6, 6.07) is 16.1. The summed E-state index contributed by atoms with van der Waals surface area (Å²) >= 11 is 0. The van der Waals surface area contributed by atoms with Gasteiger partial charge in [-0.25, -0.2) is 0 Å². The molecule has 90 valence electrons. The largest absolute Gasteiger partial charge is 0.255 e. The highest BCUT2D eigenvalue weighted by Crippen LogP contribution is 2.12. The van der Waals surface area contributed by atoms with Gasteiger partial charge < -0.3 is 0 Å². The first-order chi connectivity index (χ1) is 8.74. The third kappa shape index (κ3) is 3.67. The third-order valence-electron chi connectivity index (χ3n) is 2.58. The van der Waals surface area contributed by atoms with Gasteiger partial charge in [-0.05, 0) is 38.1 Å². The molecular formula is C16H16N2. The van der Waals surface area contributed by atoms with Gasteiger partial charge in [0.05, 0.1) is 11.4 Å². The zero-order valence-corrected chi connectivity index (χ0v) is 10.7. The topological polar surface area (TPSA) is 24.7 Å². The Bertz CT molecular complexity index is 495. The van der Waals surface area contributed by atoms with E-state index in [9.17, 15) is 0 Å². The fourth-order valence-electron chi connectivity index (χ4n) is 1.50. The van der Waals surface area contributed by atoms with Gasteiger partial charge in [-0.2, -0.15) is 0 Å². The van der Waals surface area contributed by atoms with Crippen molar-refractivity contribution in [3.05, 3.63) is 59.7 Å². The van der Waals surface area contributed by atoms with Gasteiger partial charge in [0.25, 0.3) is 0 Å². The smallest absolute Gasteiger partial charge is 0.0630 e. The van der Waals surface area contributed by atoms with Crippen LogP contribution in [0.3, 0.4) is 0 Å². The van der Waals surface area contributed by atoms with Crippen LogP contribution in [0.4, 0.5) is 11.4 Å². The first kappa shape index (κ1) is 12.2. The normalized spacial score (nSPS) is 11.4. The molecule has 0 radical (unpaired) electrons. The molecule has 2 heteroatoms. The van der Waals surface area contributed by atoms with Crippen molar-refractivity contribution >= 4 is 23.8 Å². The SMILES string of the molecule is Cc1ccc(N=CC=Nc2ccc(C)cc2)cc1. The highest BCUT2D eigenvalue weighted by atomic mass is 14.8. The molecule has 0 bridgehead atoms. The van der Waals surface area contributed by atoms with Gasteiger partial charge in [-0.3, -0.25) is 9.98 Å². The van der Waals surface area contributed by atoms with Crippen LogP contribution in [0.5, 0.6) is 0 Å². The van der Waals surface area contributed by atoms with E-state index in [-0.39, 0.29) is 0 Å². The van der Waals surface area contributed by atoms with Crippen molar-refractivity contribution in [2.45, 2.75) is 13.8 Å². The molecule has 0 spiro atoms. The summed E-state index contributed by atoms with van der Waals surface area (Å²) in [6.07, 6.45) is 3.43. The lowest BCUT2D eigenvalue weighted by atomic mass is 10.2. The number of benzene rings is 2. The molecule has 0 unspecified atom stereocenters. The summed E-state index contributed by atoms with van der Waals surface area (Å²) in [5.41, 5.74) is 4.36. The van der Waals surface area contributed by atoms with Gasteiger partial charge in [-0.1, -0.05) is 35.4 Å². The summed E-state index contributed by atoms with van der Waals surface area (Å²) in [5.74, 6) is 0. The lowest BCUT2D eigenvalue weighted by molar-refractivity contribution is 1.44. The molecule has 18 heavy (non-hydrogen) atoms. The summed E-state index contributed by atoms with van der Waals surface area (Å²) in [5, 5.41) is 0. The fourth-order valence-corrected chi connectivity index (χ4v) is 1.50. The summed E-state index contributed by atoms with van der Waals surface area (Å²) < 4.78 is 0.